The van der Waals surface area contributed by atoms with Gasteiger partial charge in [-0.3, -0.25) is 0 Å². The number of hydrogen-bond donors (Lipinski definition) is 1. The third-order valence-electron chi connectivity index (χ3n) is 4.18. The van der Waals surface area contributed by atoms with Crippen molar-refractivity contribution in [2.24, 2.45) is 0 Å². The molecule has 1 aliphatic rings. The maximum atomic E-state index is 11.0. The van der Waals surface area contributed by atoms with Crippen LogP contribution in [0.25, 0.3) is 11.0 Å². The van der Waals surface area contributed by atoms with Crippen LogP contribution in [0.15, 0.2) is 36.4 Å². The minimum Gasteiger partial charge on any atom is -0.478 e. The smallest absolute Gasteiger partial charge is 0.335 e. The maximum Gasteiger partial charge on any atom is 0.335 e. The fourth-order valence-corrected chi connectivity index (χ4v) is 2.95. The topological polar surface area (TPSA) is 73.6 Å². The van der Waals surface area contributed by atoms with Crippen molar-refractivity contribution in [1.82, 2.24) is 9.55 Å². The number of nitrogens with zero attached hydrogens (tertiary/aromatic N) is 2. The van der Waals surface area contributed by atoms with Crippen LogP contribution in [0.5, 0.6) is 11.5 Å². The number of aryl methyl sites for hydroxylation is 1. The molecule has 2 heterocycles. The van der Waals surface area contributed by atoms with Crippen LogP contribution in [-0.4, -0.2) is 27.4 Å². The first-order valence-corrected chi connectivity index (χ1v) is 7.76. The molecule has 2 aromatic carbocycles. The number of carbonyl (C=O) groups is 1. The van der Waals surface area contributed by atoms with Gasteiger partial charge in [0.15, 0.2) is 11.5 Å². The van der Waals surface area contributed by atoms with Crippen LogP contribution in [0.3, 0.4) is 0 Å². The maximum absolute atomic E-state index is 11.0. The Hall–Kier alpha value is -3.02. The summed E-state index contributed by atoms with van der Waals surface area (Å²) in [5.74, 6) is 1.50. The van der Waals surface area contributed by atoms with Crippen molar-refractivity contribution < 1.29 is 19.4 Å². The molecule has 1 N–H and O–H groups in total. The van der Waals surface area contributed by atoms with E-state index in [4.69, 9.17) is 14.6 Å². The molecule has 6 heteroatoms. The van der Waals surface area contributed by atoms with E-state index in [0.717, 1.165) is 40.3 Å². The predicted octanol–water partition coefficient (Wildman–Crippen LogP) is 3.07. The van der Waals surface area contributed by atoms with Crippen LogP contribution in [0, 0.1) is 0 Å². The fourth-order valence-electron chi connectivity index (χ4n) is 2.95. The minimum absolute atomic E-state index is 0.235. The van der Waals surface area contributed by atoms with Crippen molar-refractivity contribution in [3.8, 4) is 11.5 Å². The molecule has 0 atom stereocenters. The molecule has 0 fully saturated rings. The van der Waals surface area contributed by atoms with Crippen molar-refractivity contribution in [1.29, 1.82) is 0 Å². The fraction of sp³-hybridized carbons (Fsp3) is 0.222. The number of imidazole rings is 1. The summed E-state index contributed by atoms with van der Waals surface area (Å²) in [7, 11) is 0. The molecule has 1 aliphatic heterocycles. The zero-order valence-electron chi connectivity index (χ0n) is 13.2. The lowest BCUT2D eigenvalue weighted by Gasteiger charge is -2.09. The molecule has 1 aromatic heterocycles. The first-order chi connectivity index (χ1) is 11.7. The zero-order valence-corrected chi connectivity index (χ0v) is 13.2. The molecule has 4 rings (SSSR count). The summed E-state index contributed by atoms with van der Waals surface area (Å²) in [6.45, 7) is 2.92. The third-order valence-corrected chi connectivity index (χ3v) is 4.18. The number of benzene rings is 2. The summed E-state index contributed by atoms with van der Waals surface area (Å²) in [5, 5.41) is 9.00. The lowest BCUT2D eigenvalue weighted by molar-refractivity contribution is 0.0697. The Balaban J connectivity index is 1.76. The zero-order chi connectivity index (χ0) is 16.7. The van der Waals surface area contributed by atoms with Crippen molar-refractivity contribution in [3.63, 3.8) is 0 Å². The molecule has 0 spiro atoms. The number of aromatic nitrogens is 2. The normalized spacial score (nSPS) is 12.7. The van der Waals surface area contributed by atoms with Gasteiger partial charge in [-0.2, -0.15) is 0 Å². The molecule has 3 aromatic rings. The van der Waals surface area contributed by atoms with E-state index >= 15 is 0 Å². The quantitative estimate of drug-likeness (QED) is 0.798. The lowest BCUT2D eigenvalue weighted by Crippen LogP contribution is -2.05. The predicted molar refractivity (Wildman–Crippen MR) is 87.7 cm³/mol. The first-order valence-electron chi connectivity index (χ1n) is 7.76. The molecule has 24 heavy (non-hydrogen) atoms. The highest BCUT2D eigenvalue weighted by molar-refractivity contribution is 5.87. The van der Waals surface area contributed by atoms with Gasteiger partial charge in [-0.25, -0.2) is 9.78 Å². The van der Waals surface area contributed by atoms with Crippen LogP contribution in [0.4, 0.5) is 0 Å². The van der Waals surface area contributed by atoms with Gasteiger partial charge in [0.2, 0.25) is 6.79 Å². The SMILES string of the molecule is CCc1nc2cc3c(cc2n1Cc1ccc(C(=O)O)cc1)OCO3. The summed E-state index contributed by atoms with van der Waals surface area (Å²) in [5.41, 5.74) is 3.16. The highest BCUT2D eigenvalue weighted by Crippen LogP contribution is 2.36. The second-order valence-corrected chi connectivity index (χ2v) is 5.66. The third kappa shape index (κ3) is 2.36. The van der Waals surface area contributed by atoms with E-state index in [1.54, 1.807) is 12.1 Å². The van der Waals surface area contributed by atoms with E-state index < -0.39 is 5.97 Å². The van der Waals surface area contributed by atoms with Crippen molar-refractivity contribution >= 4 is 17.0 Å². The van der Waals surface area contributed by atoms with Crippen molar-refractivity contribution in [2.45, 2.75) is 19.9 Å². The van der Waals surface area contributed by atoms with Gasteiger partial charge in [-0.15, -0.1) is 0 Å². The minimum atomic E-state index is -0.920. The molecule has 0 amide bonds. The monoisotopic (exact) mass is 324 g/mol. The molecule has 6 nitrogen and oxygen atoms in total. The number of ether oxygens (including phenoxy) is 2. The van der Waals surface area contributed by atoms with Gasteiger partial charge in [-0.05, 0) is 17.7 Å². The number of carboxylic acids is 1. The van der Waals surface area contributed by atoms with Gasteiger partial charge in [0.1, 0.15) is 5.82 Å². The highest BCUT2D eigenvalue weighted by Gasteiger charge is 2.18. The van der Waals surface area contributed by atoms with Crippen molar-refractivity contribution in [2.75, 3.05) is 6.79 Å². The molecule has 0 aliphatic carbocycles. The molecule has 0 saturated carbocycles. The second-order valence-electron chi connectivity index (χ2n) is 5.66. The van der Waals surface area contributed by atoms with Crippen LogP contribution in [0.1, 0.15) is 28.7 Å². The van der Waals surface area contributed by atoms with E-state index in [0.29, 0.717) is 6.54 Å². The van der Waals surface area contributed by atoms with Gasteiger partial charge in [0.25, 0.3) is 0 Å². The van der Waals surface area contributed by atoms with Gasteiger partial charge in [0.05, 0.1) is 16.6 Å². The summed E-state index contributed by atoms with van der Waals surface area (Å²) in [6.07, 6.45) is 0.800. The number of hydrogen-bond acceptors (Lipinski definition) is 4. The van der Waals surface area contributed by atoms with Crippen LogP contribution >= 0.6 is 0 Å². The number of fused-ring (bicyclic) bond motifs is 2. The van der Waals surface area contributed by atoms with Crippen LogP contribution in [-0.2, 0) is 13.0 Å². The average molecular weight is 324 g/mol. The van der Waals surface area contributed by atoms with Gasteiger partial charge >= 0.3 is 5.97 Å². The summed E-state index contributed by atoms with van der Waals surface area (Å²) in [6, 6.07) is 10.8. The highest BCUT2D eigenvalue weighted by atomic mass is 16.7. The average Bonchev–Trinajstić information content (AvgIpc) is 3.17. The van der Waals surface area contributed by atoms with Gasteiger partial charge in [0, 0.05) is 25.1 Å². The number of rotatable bonds is 4. The van der Waals surface area contributed by atoms with E-state index in [1.165, 1.54) is 0 Å². The van der Waals surface area contributed by atoms with E-state index in [2.05, 4.69) is 16.5 Å². The second kappa shape index (κ2) is 5.56. The lowest BCUT2D eigenvalue weighted by atomic mass is 10.1. The van der Waals surface area contributed by atoms with E-state index in [1.807, 2.05) is 24.3 Å². The number of aromatic carboxylic acids is 1. The Morgan fingerprint density at radius 1 is 1.21 bits per heavy atom. The molecular formula is C18H16N2O4. The van der Waals surface area contributed by atoms with Crippen LogP contribution < -0.4 is 9.47 Å². The summed E-state index contributed by atoms with van der Waals surface area (Å²) in [4.78, 5) is 15.7. The number of carboxylic acid groups (broad SMARTS) is 1. The van der Waals surface area contributed by atoms with Gasteiger partial charge in [-0.1, -0.05) is 19.1 Å². The molecule has 0 radical (unpaired) electrons. The van der Waals surface area contributed by atoms with E-state index in [9.17, 15) is 4.79 Å². The molecule has 0 bridgehead atoms. The Morgan fingerprint density at radius 2 is 1.92 bits per heavy atom. The Kier molecular flexibility index (Phi) is 3.37. The van der Waals surface area contributed by atoms with E-state index in [-0.39, 0.29) is 12.4 Å². The molecule has 122 valence electrons. The summed E-state index contributed by atoms with van der Waals surface area (Å²) < 4.78 is 13.0. The Morgan fingerprint density at radius 3 is 2.58 bits per heavy atom. The molecular weight excluding hydrogens is 308 g/mol. The Bertz CT molecular complexity index is 928. The van der Waals surface area contributed by atoms with Crippen LogP contribution in [0.2, 0.25) is 0 Å². The first kappa shape index (κ1) is 14.6. The van der Waals surface area contributed by atoms with Crippen molar-refractivity contribution in [3.05, 3.63) is 53.3 Å². The summed E-state index contributed by atoms with van der Waals surface area (Å²) >= 11 is 0. The molecule has 0 saturated heterocycles. The standard InChI is InChI=1S/C18H16N2O4/c1-2-17-19-13-7-15-16(24-10-23-15)8-14(13)20(17)9-11-3-5-12(6-4-11)18(21)22/h3-8H,2,9-10H2,1H3,(H,21,22). The Labute approximate surface area is 138 Å². The largest absolute Gasteiger partial charge is 0.478 e. The molecule has 0 unspecified atom stereocenters. The van der Waals surface area contributed by atoms with Gasteiger partial charge < -0.3 is 19.1 Å².